The van der Waals surface area contributed by atoms with Gasteiger partial charge in [-0.25, -0.2) is 4.79 Å². The minimum Gasteiger partial charge on any atom is -0.497 e. The van der Waals surface area contributed by atoms with Gasteiger partial charge in [0, 0.05) is 6.54 Å². The lowest BCUT2D eigenvalue weighted by Crippen LogP contribution is -2.34. The quantitative estimate of drug-likeness (QED) is 0.394. The molecule has 2 aromatic rings. The number of halogens is 6. The van der Waals surface area contributed by atoms with Crippen molar-refractivity contribution in [2.24, 2.45) is 0 Å². The van der Waals surface area contributed by atoms with E-state index in [1.165, 1.54) is 12.0 Å². The summed E-state index contributed by atoms with van der Waals surface area (Å²) in [7, 11) is 1.51. The maximum Gasteiger partial charge on any atom is 0.416 e. The zero-order valence-electron chi connectivity index (χ0n) is 20.7. The largest absolute Gasteiger partial charge is 0.497 e. The Kier molecular flexibility index (Phi) is 7.69. The molecule has 2 aliphatic rings. The van der Waals surface area contributed by atoms with Crippen LogP contribution in [0.3, 0.4) is 0 Å². The van der Waals surface area contributed by atoms with Gasteiger partial charge < -0.3 is 14.6 Å². The Labute approximate surface area is 215 Å². The number of carbonyl (C=O) groups is 1. The topological polar surface area (TPSA) is 59.0 Å². The number of hydrogen-bond acceptors (Lipinski definition) is 4. The molecule has 2 atom stereocenters. The van der Waals surface area contributed by atoms with Gasteiger partial charge in [-0.15, -0.1) is 0 Å². The van der Waals surface area contributed by atoms with E-state index < -0.39 is 41.7 Å². The molecule has 0 spiro atoms. The van der Waals surface area contributed by atoms with Gasteiger partial charge in [0.1, 0.15) is 11.9 Å². The summed E-state index contributed by atoms with van der Waals surface area (Å²) in [6, 6.07) is 5.75. The van der Waals surface area contributed by atoms with Crippen molar-refractivity contribution in [2.45, 2.75) is 63.7 Å². The summed E-state index contributed by atoms with van der Waals surface area (Å²) >= 11 is 0. The lowest BCUT2D eigenvalue weighted by atomic mass is 9.85. The summed E-state index contributed by atoms with van der Waals surface area (Å²) in [5.41, 5.74) is 0.0240. The number of rotatable bonds is 6. The Morgan fingerprint density at radius 2 is 1.63 bits per heavy atom. The molecular weight excluding hydrogens is 516 g/mol. The van der Waals surface area contributed by atoms with E-state index in [0.717, 1.165) is 29.6 Å². The third-order valence-corrected chi connectivity index (χ3v) is 7.08. The van der Waals surface area contributed by atoms with Crippen molar-refractivity contribution < 1.29 is 45.7 Å². The highest BCUT2D eigenvalue weighted by Crippen LogP contribution is 2.42. The number of amides is 1. The van der Waals surface area contributed by atoms with Gasteiger partial charge in [0.05, 0.1) is 30.9 Å². The van der Waals surface area contributed by atoms with E-state index in [-0.39, 0.29) is 24.8 Å². The third kappa shape index (κ3) is 5.62. The normalized spacial score (nSPS) is 20.7. The summed E-state index contributed by atoms with van der Waals surface area (Å²) in [5, 5.41) is 9.92. The number of aliphatic hydroxyl groups excluding tert-OH is 1. The van der Waals surface area contributed by atoms with E-state index in [1.54, 1.807) is 19.1 Å². The van der Waals surface area contributed by atoms with Gasteiger partial charge in [0.2, 0.25) is 0 Å². The second-order valence-corrected chi connectivity index (χ2v) is 9.48. The summed E-state index contributed by atoms with van der Waals surface area (Å²) < 4.78 is 90.8. The van der Waals surface area contributed by atoms with Crippen LogP contribution in [0.5, 0.6) is 5.75 Å². The molecule has 1 fully saturated rings. The van der Waals surface area contributed by atoms with Crippen LogP contribution in [0.25, 0.3) is 5.57 Å². The average molecular weight is 544 g/mol. The van der Waals surface area contributed by atoms with Crippen LogP contribution in [0.4, 0.5) is 31.1 Å². The minimum atomic E-state index is -5.01. The van der Waals surface area contributed by atoms with Crippen molar-refractivity contribution >= 4 is 11.7 Å². The van der Waals surface area contributed by atoms with Crippen LogP contribution >= 0.6 is 0 Å². The molecule has 1 aliphatic carbocycles. The Morgan fingerprint density at radius 1 is 1.00 bits per heavy atom. The number of carbonyl (C=O) groups excluding carboxylic acids is 1. The number of hydrogen-bond donors (Lipinski definition) is 1. The van der Waals surface area contributed by atoms with Crippen molar-refractivity contribution in [2.75, 3.05) is 13.7 Å². The van der Waals surface area contributed by atoms with Gasteiger partial charge >= 0.3 is 18.4 Å². The Bertz CT molecular complexity index is 1200. The van der Waals surface area contributed by atoms with Gasteiger partial charge in [0.15, 0.2) is 0 Å². The van der Waals surface area contributed by atoms with Crippen LogP contribution < -0.4 is 4.74 Å². The molecule has 1 unspecified atom stereocenters. The van der Waals surface area contributed by atoms with Crippen molar-refractivity contribution in [3.8, 4) is 5.75 Å². The molecule has 0 radical (unpaired) electrons. The van der Waals surface area contributed by atoms with E-state index in [0.29, 0.717) is 36.3 Å². The molecule has 2 aromatic carbocycles. The fraction of sp³-hybridized carbons (Fsp3) is 0.444. The summed E-state index contributed by atoms with van der Waals surface area (Å²) in [6.45, 7) is 1.41. The second-order valence-electron chi connectivity index (χ2n) is 9.48. The molecule has 11 heteroatoms. The molecule has 206 valence electrons. The first-order valence-electron chi connectivity index (χ1n) is 12.1. The van der Waals surface area contributed by atoms with Crippen LogP contribution in [0, 0.1) is 0 Å². The Hall–Kier alpha value is -3.21. The van der Waals surface area contributed by atoms with Crippen LogP contribution in [0.1, 0.15) is 66.5 Å². The summed E-state index contributed by atoms with van der Waals surface area (Å²) in [4.78, 5) is 14.2. The predicted octanol–water partition coefficient (Wildman–Crippen LogP) is 7.13. The maximum atomic E-state index is 13.4. The predicted molar refractivity (Wildman–Crippen MR) is 126 cm³/mol. The zero-order chi connectivity index (χ0) is 27.8. The standard InChI is InChI=1S/C27H27F6NO4/c1-15-24(17-9-19(26(28,29)30)12-20(10-17)27(31,32)33)38-25(36)34(15)13-16-5-3-4-6-22(16)23-8-7-21(37-2)11-18(23)14-35/h7-12,15,24,35H,3-6,13-14H2,1-2H3/t15-,24?/m0/s1. The Morgan fingerprint density at radius 3 is 2.21 bits per heavy atom. The highest BCUT2D eigenvalue weighted by atomic mass is 19.4. The summed E-state index contributed by atoms with van der Waals surface area (Å²) in [6.07, 6.45) is -9.06. The second kappa shape index (κ2) is 10.5. The Balaban J connectivity index is 1.68. The number of ether oxygens (including phenoxy) is 2. The molecule has 0 saturated carbocycles. The van der Waals surface area contributed by atoms with Gasteiger partial charge in [-0.3, -0.25) is 4.90 Å². The van der Waals surface area contributed by atoms with Crippen molar-refractivity contribution in [1.29, 1.82) is 0 Å². The van der Waals surface area contributed by atoms with Crippen LogP contribution in [-0.4, -0.2) is 35.8 Å². The number of methoxy groups -OCH3 is 1. The van der Waals surface area contributed by atoms with Crippen LogP contribution in [-0.2, 0) is 23.7 Å². The number of cyclic esters (lactones) is 1. The molecule has 0 aromatic heterocycles. The fourth-order valence-corrected chi connectivity index (χ4v) is 5.10. The molecule has 1 saturated heterocycles. The van der Waals surface area contributed by atoms with Crippen LogP contribution in [0.2, 0.25) is 0 Å². The van der Waals surface area contributed by atoms with Crippen molar-refractivity contribution in [3.05, 3.63) is 69.8 Å². The molecule has 1 amide bonds. The molecule has 1 N–H and O–H groups in total. The minimum absolute atomic E-state index is 0.0510. The van der Waals surface area contributed by atoms with E-state index in [1.807, 2.05) is 6.07 Å². The zero-order valence-corrected chi connectivity index (χ0v) is 20.7. The lowest BCUT2D eigenvalue weighted by molar-refractivity contribution is -0.143. The van der Waals surface area contributed by atoms with Crippen molar-refractivity contribution in [3.63, 3.8) is 0 Å². The number of aliphatic hydroxyl groups is 1. The van der Waals surface area contributed by atoms with Crippen LogP contribution in [0.15, 0.2) is 42.0 Å². The molecule has 0 bridgehead atoms. The first-order valence-corrected chi connectivity index (χ1v) is 12.1. The number of benzene rings is 2. The first-order chi connectivity index (χ1) is 17.8. The monoisotopic (exact) mass is 543 g/mol. The van der Waals surface area contributed by atoms with Gasteiger partial charge in [-0.05, 0) is 90.8 Å². The highest BCUT2D eigenvalue weighted by Gasteiger charge is 2.43. The molecule has 4 rings (SSSR count). The molecule has 38 heavy (non-hydrogen) atoms. The van der Waals surface area contributed by atoms with E-state index in [9.17, 15) is 36.2 Å². The van der Waals surface area contributed by atoms with Gasteiger partial charge in [-0.2, -0.15) is 26.3 Å². The van der Waals surface area contributed by atoms with E-state index in [2.05, 4.69) is 0 Å². The first kappa shape index (κ1) is 27.8. The molecule has 1 aliphatic heterocycles. The number of nitrogens with zero attached hydrogens (tertiary/aromatic N) is 1. The molecular formula is C27H27F6NO4. The fourth-order valence-electron chi connectivity index (χ4n) is 5.10. The highest BCUT2D eigenvalue weighted by molar-refractivity contribution is 5.75. The SMILES string of the molecule is COc1ccc(C2=C(CN3C(=O)OC(c4cc(C(F)(F)F)cc(C(F)(F)F)c4)[C@@H]3C)CCCC2)c(CO)c1. The van der Waals surface area contributed by atoms with Gasteiger partial charge in [-0.1, -0.05) is 6.07 Å². The third-order valence-electron chi connectivity index (χ3n) is 7.08. The smallest absolute Gasteiger partial charge is 0.416 e. The average Bonchev–Trinajstić information content (AvgIpc) is 3.15. The maximum absolute atomic E-state index is 13.4. The molecule has 1 heterocycles. The number of alkyl halides is 6. The number of allylic oxidation sites excluding steroid dienone is 1. The van der Waals surface area contributed by atoms with E-state index >= 15 is 0 Å². The lowest BCUT2D eigenvalue weighted by Gasteiger charge is -2.28. The van der Waals surface area contributed by atoms with E-state index in [4.69, 9.17) is 9.47 Å². The van der Waals surface area contributed by atoms with Gasteiger partial charge in [0.25, 0.3) is 0 Å². The van der Waals surface area contributed by atoms with Crippen molar-refractivity contribution in [1.82, 2.24) is 4.90 Å². The summed E-state index contributed by atoms with van der Waals surface area (Å²) in [5.74, 6) is 0.578. The molecule has 5 nitrogen and oxygen atoms in total.